The molecule has 1 aromatic carbocycles. The molecule has 1 aromatic rings. The van der Waals surface area contributed by atoms with Gasteiger partial charge in [0, 0.05) is 6.42 Å². The first-order valence-corrected chi connectivity index (χ1v) is 6.20. The predicted molar refractivity (Wildman–Crippen MR) is 70.0 cm³/mol. The molecule has 0 unspecified atom stereocenters. The number of hydrogen-bond acceptors (Lipinski definition) is 1. The van der Waals surface area contributed by atoms with Crippen LogP contribution in [0.4, 0.5) is 0 Å². The third-order valence-corrected chi connectivity index (χ3v) is 2.62. The van der Waals surface area contributed by atoms with Crippen LogP contribution in [-0.4, -0.2) is 11.1 Å². The van der Waals surface area contributed by atoms with E-state index in [1.807, 2.05) is 6.07 Å². The van der Waals surface area contributed by atoms with Gasteiger partial charge in [-0.15, -0.1) is 0 Å². The van der Waals surface area contributed by atoms with Crippen molar-refractivity contribution in [2.75, 3.05) is 0 Å². The van der Waals surface area contributed by atoms with Gasteiger partial charge in [0.05, 0.1) is 0 Å². The zero-order chi connectivity index (χ0) is 12.3. The maximum Gasteiger partial charge on any atom is 0.303 e. The van der Waals surface area contributed by atoms with E-state index in [2.05, 4.69) is 36.4 Å². The molecule has 1 rings (SSSR count). The molecule has 0 saturated carbocycles. The van der Waals surface area contributed by atoms with E-state index in [1.165, 1.54) is 5.56 Å². The minimum absolute atomic E-state index is 0.290. The van der Waals surface area contributed by atoms with Crippen LogP contribution in [0.15, 0.2) is 42.5 Å². The lowest BCUT2D eigenvalue weighted by atomic mass is 10.1. The van der Waals surface area contributed by atoms with Crippen molar-refractivity contribution in [2.24, 2.45) is 0 Å². The molecule has 0 amide bonds. The average molecular weight is 232 g/mol. The van der Waals surface area contributed by atoms with Gasteiger partial charge in [-0.1, -0.05) is 42.5 Å². The molecule has 0 spiro atoms. The standard InChI is InChI=1S/C15H20O2/c16-15(17)13-9-4-2-1-3-6-10-14-11-7-5-8-12-14/h1,3,5,7-8,11-12H,2,4,6,9-10,13H2,(H,16,17). The Labute approximate surface area is 103 Å². The Morgan fingerprint density at radius 3 is 2.47 bits per heavy atom. The number of carbonyl (C=O) groups is 1. The molecule has 0 atom stereocenters. The number of allylic oxidation sites excluding steroid dienone is 2. The molecule has 17 heavy (non-hydrogen) atoms. The highest BCUT2D eigenvalue weighted by Gasteiger charge is 1.94. The Balaban J connectivity index is 2.01. The Bertz CT molecular complexity index is 341. The third kappa shape index (κ3) is 7.34. The van der Waals surface area contributed by atoms with Gasteiger partial charge in [0.2, 0.25) is 0 Å². The molecular formula is C15H20O2. The lowest BCUT2D eigenvalue weighted by Crippen LogP contribution is -1.92. The fourth-order valence-electron chi connectivity index (χ4n) is 1.67. The average Bonchev–Trinajstić information content (AvgIpc) is 2.33. The van der Waals surface area contributed by atoms with Gasteiger partial charge >= 0.3 is 5.97 Å². The monoisotopic (exact) mass is 232 g/mol. The van der Waals surface area contributed by atoms with Crippen LogP contribution in [0.25, 0.3) is 0 Å². The van der Waals surface area contributed by atoms with Crippen LogP contribution < -0.4 is 0 Å². The molecule has 92 valence electrons. The molecule has 1 N–H and O–H groups in total. The highest BCUT2D eigenvalue weighted by atomic mass is 16.4. The van der Waals surface area contributed by atoms with Crippen LogP contribution in [0.5, 0.6) is 0 Å². The van der Waals surface area contributed by atoms with Crippen LogP contribution in [-0.2, 0) is 11.2 Å². The highest BCUT2D eigenvalue weighted by Crippen LogP contribution is 2.05. The number of rotatable bonds is 8. The lowest BCUT2D eigenvalue weighted by molar-refractivity contribution is -0.137. The summed E-state index contributed by atoms with van der Waals surface area (Å²) in [4.78, 5) is 10.3. The summed E-state index contributed by atoms with van der Waals surface area (Å²) in [6.07, 6.45) is 9.50. The molecule has 2 heteroatoms. The molecule has 0 radical (unpaired) electrons. The van der Waals surface area contributed by atoms with Crippen molar-refractivity contribution in [3.8, 4) is 0 Å². The number of unbranched alkanes of at least 4 members (excludes halogenated alkanes) is 2. The summed E-state index contributed by atoms with van der Waals surface area (Å²) in [5, 5.41) is 8.46. The molecule has 0 heterocycles. The van der Waals surface area contributed by atoms with Crippen molar-refractivity contribution < 1.29 is 9.90 Å². The lowest BCUT2D eigenvalue weighted by Gasteiger charge is -1.96. The SMILES string of the molecule is O=C(O)CCCCC=CCCc1ccccc1. The van der Waals surface area contributed by atoms with E-state index < -0.39 is 5.97 Å². The molecule has 0 saturated heterocycles. The second-order valence-corrected chi connectivity index (χ2v) is 4.14. The van der Waals surface area contributed by atoms with Gasteiger partial charge in [0.15, 0.2) is 0 Å². The molecule has 0 aliphatic rings. The maximum absolute atomic E-state index is 10.3. The van der Waals surface area contributed by atoms with Crippen LogP contribution in [0.2, 0.25) is 0 Å². The van der Waals surface area contributed by atoms with E-state index >= 15 is 0 Å². The summed E-state index contributed by atoms with van der Waals surface area (Å²) in [6, 6.07) is 10.4. The van der Waals surface area contributed by atoms with Crippen LogP contribution in [0.3, 0.4) is 0 Å². The van der Waals surface area contributed by atoms with Crippen LogP contribution in [0.1, 0.15) is 37.7 Å². The summed E-state index contributed by atoms with van der Waals surface area (Å²) >= 11 is 0. The van der Waals surface area contributed by atoms with Crippen molar-refractivity contribution in [3.05, 3.63) is 48.0 Å². The van der Waals surface area contributed by atoms with Gasteiger partial charge in [0.25, 0.3) is 0 Å². The Hall–Kier alpha value is -1.57. The van der Waals surface area contributed by atoms with Crippen LogP contribution in [0, 0.1) is 0 Å². The van der Waals surface area contributed by atoms with Gasteiger partial charge < -0.3 is 5.11 Å². The zero-order valence-corrected chi connectivity index (χ0v) is 10.1. The van der Waals surface area contributed by atoms with Crippen molar-refractivity contribution in [3.63, 3.8) is 0 Å². The number of aliphatic carboxylic acids is 1. The van der Waals surface area contributed by atoms with E-state index in [0.717, 1.165) is 32.1 Å². The summed E-state index contributed by atoms with van der Waals surface area (Å²) in [7, 11) is 0. The molecule has 0 aliphatic heterocycles. The van der Waals surface area contributed by atoms with Gasteiger partial charge in [-0.05, 0) is 37.7 Å². The number of benzene rings is 1. The summed E-state index contributed by atoms with van der Waals surface area (Å²) in [5.74, 6) is -0.696. The Kier molecular flexibility index (Phi) is 6.80. The summed E-state index contributed by atoms with van der Waals surface area (Å²) < 4.78 is 0. The highest BCUT2D eigenvalue weighted by molar-refractivity contribution is 5.66. The largest absolute Gasteiger partial charge is 0.481 e. The van der Waals surface area contributed by atoms with Crippen LogP contribution >= 0.6 is 0 Å². The third-order valence-electron chi connectivity index (χ3n) is 2.62. The van der Waals surface area contributed by atoms with E-state index in [9.17, 15) is 4.79 Å². The van der Waals surface area contributed by atoms with Crippen molar-refractivity contribution in [1.29, 1.82) is 0 Å². The molecule has 0 fully saturated rings. The number of hydrogen-bond donors (Lipinski definition) is 1. The predicted octanol–water partition coefficient (Wildman–Crippen LogP) is 3.82. The first-order chi connectivity index (χ1) is 8.29. The maximum atomic E-state index is 10.3. The second kappa shape index (κ2) is 8.57. The molecule has 2 nitrogen and oxygen atoms in total. The minimum Gasteiger partial charge on any atom is -0.481 e. The van der Waals surface area contributed by atoms with E-state index in [0.29, 0.717) is 0 Å². The number of carboxylic acid groups (broad SMARTS) is 1. The summed E-state index contributed by atoms with van der Waals surface area (Å²) in [5.41, 5.74) is 1.36. The first kappa shape index (κ1) is 13.5. The number of carboxylic acids is 1. The second-order valence-electron chi connectivity index (χ2n) is 4.14. The molecule has 0 bridgehead atoms. The quantitative estimate of drug-likeness (QED) is 0.546. The normalized spacial score (nSPS) is 10.8. The van der Waals surface area contributed by atoms with Crippen molar-refractivity contribution in [1.82, 2.24) is 0 Å². The molecule has 0 aliphatic carbocycles. The fraction of sp³-hybridized carbons (Fsp3) is 0.400. The van der Waals surface area contributed by atoms with Gasteiger partial charge in [0.1, 0.15) is 0 Å². The van der Waals surface area contributed by atoms with E-state index in [1.54, 1.807) is 0 Å². The first-order valence-electron chi connectivity index (χ1n) is 6.20. The molecular weight excluding hydrogens is 212 g/mol. The van der Waals surface area contributed by atoms with Gasteiger partial charge in [-0.3, -0.25) is 4.79 Å². The van der Waals surface area contributed by atoms with Crippen molar-refractivity contribution in [2.45, 2.75) is 38.5 Å². The smallest absolute Gasteiger partial charge is 0.303 e. The van der Waals surface area contributed by atoms with E-state index in [4.69, 9.17) is 5.11 Å². The van der Waals surface area contributed by atoms with Crippen molar-refractivity contribution >= 4 is 5.97 Å². The van der Waals surface area contributed by atoms with Gasteiger partial charge in [-0.25, -0.2) is 0 Å². The van der Waals surface area contributed by atoms with E-state index in [-0.39, 0.29) is 6.42 Å². The topological polar surface area (TPSA) is 37.3 Å². The zero-order valence-electron chi connectivity index (χ0n) is 10.1. The Morgan fingerprint density at radius 1 is 1.06 bits per heavy atom. The number of aryl methyl sites for hydroxylation is 1. The Morgan fingerprint density at radius 2 is 1.76 bits per heavy atom. The fourth-order valence-corrected chi connectivity index (χ4v) is 1.67. The van der Waals surface area contributed by atoms with Gasteiger partial charge in [-0.2, -0.15) is 0 Å². The summed E-state index contributed by atoms with van der Waals surface area (Å²) in [6.45, 7) is 0. The minimum atomic E-state index is -0.696. The molecule has 0 aromatic heterocycles.